The van der Waals surface area contributed by atoms with Gasteiger partial charge in [0.1, 0.15) is 0 Å². The van der Waals surface area contributed by atoms with Crippen molar-refractivity contribution in [3.8, 4) is 0 Å². The summed E-state index contributed by atoms with van der Waals surface area (Å²) in [5.41, 5.74) is 5.85. The Morgan fingerprint density at radius 2 is 2.21 bits per heavy atom. The summed E-state index contributed by atoms with van der Waals surface area (Å²) in [5, 5.41) is 3.17. The number of nitrogens with two attached hydrogens (primary N) is 1. The fourth-order valence-electron chi connectivity index (χ4n) is 2.39. The summed E-state index contributed by atoms with van der Waals surface area (Å²) >= 11 is 0. The van der Waals surface area contributed by atoms with Crippen LogP contribution in [0.2, 0.25) is 0 Å². The number of rotatable bonds is 6. The van der Waals surface area contributed by atoms with Crippen LogP contribution in [0.15, 0.2) is 4.99 Å². The van der Waals surface area contributed by atoms with Crippen molar-refractivity contribution in [2.45, 2.75) is 52.5 Å². The van der Waals surface area contributed by atoms with E-state index in [4.69, 9.17) is 5.73 Å². The summed E-state index contributed by atoms with van der Waals surface area (Å²) in [7, 11) is 0. The van der Waals surface area contributed by atoms with Crippen LogP contribution in [0.4, 0.5) is 0 Å². The second kappa shape index (κ2) is 10.7. The molecule has 1 aliphatic rings. The quantitative estimate of drug-likeness (QED) is 0.321. The number of likely N-dealkylation sites (tertiary alicyclic amines) is 1. The molecule has 1 rings (SSSR count). The smallest absolute Gasteiger partial charge is 0.188 e. The lowest BCUT2D eigenvalue weighted by Crippen LogP contribution is -2.41. The summed E-state index contributed by atoms with van der Waals surface area (Å²) < 4.78 is 0. The molecule has 19 heavy (non-hydrogen) atoms. The van der Waals surface area contributed by atoms with Crippen LogP contribution in [-0.4, -0.2) is 43.1 Å². The van der Waals surface area contributed by atoms with E-state index in [9.17, 15) is 0 Å². The molecule has 4 nitrogen and oxygen atoms in total. The highest BCUT2D eigenvalue weighted by Crippen LogP contribution is 2.18. The predicted octanol–water partition coefficient (Wildman–Crippen LogP) is 2.43. The first-order chi connectivity index (χ1) is 8.63. The van der Waals surface area contributed by atoms with Gasteiger partial charge in [0.05, 0.1) is 0 Å². The van der Waals surface area contributed by atoms with Crippen molar-refractivity contribution < 1.29 is 0 Å². The lowest BCUT2D eigenvalue weighted by Gasteiger charge is -2.34. The molecule has 5 heteroatoms. The predicted molar refractivity (Wildman–Crippen MR) is 94.2 cm³/mol. The van der Waals surface area contributed by atoms with Crippen molar-refractivity contribution in [2.75, 3.05) is 26.2 Å². The molecular formula is C14H31IN4. The summed E-state index contributed by atoms with van der Waals surface area (Å²) in [6, 6.07) is 0.650. The van der Waals surface area contributed by atoms with E-state index in [0.717, 1.165) is 19.5 Å². The number of nitrogens with one attached hydrogen (secondary N) is 1. The normalized spacial score (nSPS) is 21.3. The van der Waals surface area contributed by atoms with Crippen molar-refractivity contribution in [1.82, 2.24) is 10.2 Å². The van der Waals surface area contributed by atoms with E-state index in [-0.39, 0.29) is 24.0 Å². The molecule has 1 saturated heterocycles. The number of halogens is 1. The van der Waals surface area contributed by atoms with Gasteiger partial charge in [-0.25, -0.2) is 0 Å². The van der Waals surface area contributed by atoms with Crippen LogP contribution in [0.5, 0.6) is 0 Å². The Hall–Kier alpha value is -0.0400. The van der Waals surface area contributed by atoms with Gasteiger partial charge in [-0.2, -0.15) is 0 Å². The summed E-state index contributed by atoms with van der Waals surface area (Å²) in [5.74, 6) is 1.29. The van der Waals surface area contributed by atoms with E-state index in [0.29, 0.717) is 17.9 Å². The first-order valence-electron chi connectivity index (χ1n) is 7.41. The molecule has 0 saturated carbocycles. The average molecular weight is 382 g/mol. The van der Waals surface area contributed by atoms with Gasteiger partial charge in [0.2, 0.25) is 0 Å². The number of unbranched alkanes of at least 4 members (excludes halogenated alkanes) is 1. The van der Waals surface area contributed by atoms with Gasteiger partial charge < -0.3 is 16.0 Å². The summed E-state index contributed by atoms with van der Waals surface area (Å²) in [6.45, 7) is 10.9. The van der Waals surface area contributed by atoms with Gasteiger partial charge in [0.15, 0.2) is 5.96 Å². The van der Waals surface area contributed by atoms with E-state index >= 15 is 0 Å². The second-order valence-corrected chi connectivity index (χ2v) is 5.60. The molecular weight excluding hydrogens is 351 g/mol. The SMILES string of the molecule is CCCCNC(N)=NCC1CCCN(C(C)C)C1.I. The van der Waals surface area contributed by atoms with E-state index < -0.39 is 0 Å². The molecule has 3 N–H and O–H groups in total. The van der Waals surface area contributed by atoms with Crippen LogP contribution in [0, 0.1) is 5.92 Å². The number of nitrogens with zero attached hydrogens (tertiary/aromatic N) is 2. The first kappa shape index (κ1) is 19.0. The number of guanidine groups is 1. The Morgan fingerprint density at radius 1 is 1.47 bits per heavy atom. The van der Waals surface area contributed by atoms with Crippen LogP contribution >= 0.6 is 24.0 Å². The summed E-state index contributed by atoms with van der Waals surface area (Å²) in [6.07, 6.45) is 4.92. The number of hydrogen-bond acceptors (Lipinski definition) is 2. The maximum atomic E-state index is 5.85. The Morgan fingerprint density at radius 3 is 2.84 bits per heavy atom. The van der Waals surface area contributed by atoms with Crippen molar-refractivity contribution in [3.05, 3.63) is 0 Å². The zero-order chi connectivity index (χ0) is 13.4. The maximum Gasteiger partial charge on any atom is 0.188 e. The lowest BCUT2D eigenvalue weighted by atomic mass is 9.97. The Bertz CT molecular complexity index is 256. The van der Waals surface area contributed by atoms with Gasteiger partial charge in [0, 0.05) is 25.7 Å². The third kappa shape index (κ3) is 7.97. The molecule has 0 aromatic carbocycles. The van der Waals surface area contributed by atoms with Crippen molar-refractivity contribution in [3.63, 3.8) is 0 Å². The molecule has 1 aliphatic heterocycles. The molecule has 0 aliphatic carbocycles. The standard InChI is InChI=1S/C14H30N4.HI/c1-4-5-8-16-14(15)17-10-13-7-6-9-18(11-13)12(2)3;/h12-13H,4-11H2,1-3H3,(H3,15,16,17);1H. The van der Waals surface area contributed by atoms with Crippen LogP contribution in [0.3, 0.4) is 0 Å². The van der Waals surface area contributed by atoms with Gasteiger partial charge >= 0.3 is 0 Å². The van der Waals surface area contributed by atoms with Gasteiger partial charge in [0.25, 0.3) is 0 Å². The third-order valence-electron chi connectivity index (χ3n) is 3.64. The fourth-order valence-corrected chi connectivity index (χ4v) is 2.39. The van der Waals surface area contributed by atoms with Crippen molar-refractivity contribution in [2.24, 2.45) is 16.6 Å². The molecule has 0 bridgehead atoms. The fraction of sp³-hybridized carbons (Fsp3) is 0.929. The van der Waals surface area contributed by atoms with Crippen molar-refractivity contribution >= 4 is 29.9 Å². The minimum absolute atomic E-state index is 0. The van der Waals surface area contributed by atoms with E-state index in [1.807, 2.05) is 0 Å². The largest absolute Gasteiger partial charge is 0.370 e. The minimum Gasteiger partial charge on any atom is -0.370 e. The summed E-state index contributed by atoms with van der Waals surface area (Å²) in [4.78, 5) is 7.02. The second-order valence-electron chi connectivity index (χ2n) is 5.60. The zero-order valence-corrected chi connectivity index (χ0v) is 15.0. The average Bonchev–Trinajstić information content (AvgIpc) is 2.37. The lowest BCUT2D eigenvalue weighted by molar-refractivity contribution is 0.143. The van der Waals surface area contributed by atoms with Gasteiger partial charge in [-0.1, -0.05) is 13.3 Å². The Labute approximate surface area is 135 Å². The zero-order valence-electron chi connectivity index (χ0n) is 12.7. The molecule has 1 heterocycles. The number of hydrogen-bond donors (Lipinski definition) is 2. The van der Waals surface area contributed by atoms with E-state index in [1.165, 1.54) is 32.4 Å². The molecule has 0 aromatic heterocycles. The van der Waals surface area contributed by atoms with Gasteiger partial charge in [-0.15, -0.1) is 24.0 Å². The molecule has 0 amide bonds. The number of aliphatic imine (C=N–C) groups is 1. The number of piperidine rings is 1. The molecule has 114 valence electrons. The molecule has 0 radical (unpaired) electrons. The van der Waals surface area contributed by atoms with Crippen LogP contribution < -0.4 is 11.1 Å². The highest BCUT2D eigenvalue weighted by Gasteiger charge is 2.21. The van der Waals surface area contributed by atoms with Crippen LogP contribution in [-0.2, 0) is 0 Å². The molecule has 1 fully saturated rings. The first-order valence-corrected chi connectivity index (χ1v) is 7.41. The minimum atomic E-state index is 0. The van der Waals surface area contributed by atoms with Crippen LogP contribution in [0.25, 0.3) is 0 Å². The molecule has 1 atom stereocenters. The monoisotopic (exact) mass is 382 g/mol. The third-order valence-corrected chi connectivity index (χ3v) is 3.64. The van der Waals surface area contributed by atoms with Gasteiger partial charge in [-0.05, 0) is 45.6 Å². The topological polar surface area (TPSA) is 53.6 Å². The molecule has 1 unspecified atom stereocenters. The van der Waals surface area contributed by atoms with Gasteiger partial charge in [-0.3, -0.25) is 4.99 Å². The maximum absolute atomic E-state index is 5.85. The highest BCUT2D eigenvalue weighted by atomic mass is 127. The Balaban J connectivity index is 0.00000324. The van der Waals surface area contributed by atoms with Crippen molar-refractivity contribution in [1.29, 1.82) is 0 Å². The van der Waals surface area contributed by atoms with E-state index in [2.05, 4.69) is 36.0 Å². The Kier molecular flexibility index (Phi) is 10.7. The molecule has 0 aromatic rings. The molecule has 0 spiro atoms. The highest BCUT2D eigenvalue weighted by molar-refractivity contribution is 14.0. The van der Waals surface area contributed by atoms with Crippen LogP contribution in [0.1, 0.15) is 46.5 Å². The van der Waals surface area contributed by atoms with E-state index in [1.54, 1.807) is 0 Å².